The molecule has 0 amide bonds. The van der Waals surface area contributed by atoms with Crippen molar-refractivity contribution in [2.24, 2.45) is 5.14 Å². The fourth-order valence-corrected chi connectivity index (χ4v) is 2.92. The molecule has 0 aliphatic heterocycles. The Bertz CT molecular complexity index is 673. The predicted molar refractivity (Wildman–Crippen MR) is 73.7 cm³/mol. The maximum Gasteiger partial charge on any atom is 0.350 e. The summed E-state index contributed by atoms with van der Waals surface area (Å²) in [6.07, 6.45) is 0.693. The van der Waals surface area contributed by atoms with Crippen LogP contribution in [0.4, 0.5) is 8.78 Å². The standard InChI is InChI=1S/C11H16F2N2O4S2/c1-8(15-21(18,19)11(12)13)2-3-9-4-6-10(7-5-9)20(14,16)17/h4-8,11,15H,2-3H2,1H3,(H2,14,16,17). The Morgan fingerprint density at radius 3 is 2.10 bits per heavy atom. The average molecular weight is 342 g/mol. The van der Waals surface area contributed by atoms with E-state index in [-0.39, 0.29) is 4.90 Å². The molecule has 0 aliphatic carbocycles. The number of sulfonamides is 2. The van der Waals surface area contributed by atoms with Crippen LogP contribution in [-0.4, -0.2) is 28.6 Å². The molecule has 1 atom stereocenters. The average Bonchev–Trinajstić information content (AvgIpc) is 2.35. The molecule has 120 valence electrons. The SMILES string of the molecule is CC(CCc1ccc(S(N)(=O)=O)cc1)NS(=O)(=O)C(F)F. The zero-order valence-electron chi connectivity index (χ0n) is 11.2. The maximum absolute atomic E-state index is 12.2. The van der Waals surface area contributed by atoms with Crippen LogP contribution in [0.15, 0.2) is 29.2 Å². The van der Waals surface area contributed by atoms with E-state index in [1.807, 2.05) is 4.72 Å². The van der Waals surface area contributed by atoms with E-state index in [9.17, 15) is 25.6 Å². The van der Waals surface area contributed by atoms with Gasteiger partial charge in [0.1, 0.15) is 0 Å². The third-order valence-corrected chi connectivity index (χ3v) is 4.85. The summed E-state index contributed by atoms with van der Waals surface area (Å²) in [4.78, 5) is -0.0299. The van der Waals surface area contributed by atoms with Gasteiger partial charge in [0, 0.05) is 6.04 Å². The van der Waals surface area contributed by atoms with Crippen molar-refractivity contribution in [3.8, 4) is 0 Å². The lowest BCUT2D eigenvalue weighted by Crippen LogP contribution is -2.36. The molecule has 0 aliphatic rings. The Morgan fingerprint density at radius 1 is 1.14 bits per heavy atom. The summed E-state index contributed by atoms with van der Waals surface area (Å²) in [7, 11) is -8.37. The summed E-state index contributed by atoms with van der Waals surface area (Å²) < 4.78 is 70.3. The van der Waals surface area contributed by atoms with Gasteiger partial charge in [-0.1, -0.05) is 12.1 Å². The fraction of sp³-hybridized carbons (Fsp3) is 0.455. The van der Waals surface area contributed by atoms with Gasteiger partial charge in [-0.05, 0) is 37.5 Å². The number of rotatable bonds is 7. The molecular weight excluding hydrogens is 326 g/mol. The highest BCUT2D eigenvalue weighted by Crippen LogP contribution is 2.12. The fourth-order valence-electron chi connectivity index (χ4n) is 1.62. The van der Waals surface area contributed by atoms with Gasteiger partial charge in [0.25, 0.3) is 10.0 Å². The monoisotopic (exact) mass is 342 g/mol. The third-order valence-electron chi connectivity index (χ3n) is 2.72. The highest BCUT2D eigenvalue weighted by Gasteiger charge is 2.25. The zero-order valence-corrected chi connectivity index (χ0v) is 12.8. The van der Waals surface area contributed by atoms with Gasteiger partial charge in [-0.15, -0.1) is 0 Å². The number of nitrogens with two attached hydrogens (primary N) is 1. The molecule has 0 saturated carbocycles. The first-order valence-corrected chi connectivity index (χ1v) is 9.02. The maximum atomic E-state index is 12.2. The van der Waals surface area contributed by atoms with E-state index in [2.05, 4.69) is 0 Å². The number of primary sulfonamides is 1. The molecule has 10 heteroatoms. The van der Waals surface area contributed by atoms with Crippen LogP contribution in [0.5, 0.6) is 0 Å². The van der Waals surface area contributed by atoms with E-state index >= 15 is 0 Å². The Kier molecular flexibility index (Phi) is 5.79. The van der Waals surface area contributed by atoms with Gasteiger partial charge in [-0.3, -0.25) is 0 Å². The van der Waals surface area contributed by atoms with Crippen molar-refractivity contribution < 1.29 is 25.6 Å². The van der Waals surface area contributed by atoms with Crippen molar-refractivity contribution in [1.29, 1.82) is 0 Å². The smallest absolute Gasteiger partial charge is 0.225 e. The van der Waals surface area contributed by atoms with Gasteiger partial charge in [-0.25, -0.2) is 26.7 Å². The number of hydrogen-bond acceptors (Lipinski definition) is 4. The van der Waals surface area contributed by atoms with Crippen LogP contribution in [-0.2, 0) is 26.5 Å². The van der Waals surface area contributed by atoms with Crippen molar-refractivity contribution >= 4 is 20.0 Å². The van der Waals surface area contributed by atoms with Crippen LogP contribution in [0.3, 0.4) is 0 Å². The van der Waals surface area contributed by atoms with Crippen LogP contribution in [0.25, 0.3) is 0 Å². The molecule has 3 N–H and O–H groups in total. The van der Waals surface area contributed by atoms with Crippen molar-refractivity contribution in [2.75, 3.05) is 0 Å². The van der Waals surface area contributed by atoms with Gasteiger partial charge in [0.05, 0.1) is 4.90 Å². The van der Waals surface area contributed by atoms with Crippen molar-refractivity contribution in [1.82, 2.24) is 4.72 Å². The Balaban J connectivity index is 2.60. The molecular formula is C11H16F2N2O4S2. The van der Waals surface area contributed by atoms with Crippen molar-refractivity contribution in [3.05, 3.63) is 29.8 Å². The number of halogens is 2. The molecule has 0 fully saturated rings. The number of aryl methyl sites for hydroxylation is 1. The summed E-state index contributed by atoms with van der Waals surface area (Å²) >= 11 is 0. The topological polar surface area (TPSA) is 106 Å². The molecule has 0 bridgehead atoms. The van der Waals surface area contributed by atoms with Crippen molar-refractivity contribution in [2.45, 2.75) is 36.5 Å². The Hall–Kier alpha value is -1.10. The van der Waals surface area contributed by atoms with E-state index in [4.69, 9.17) is 5.14 Å². The number of nitrogens with one attached hydrogen (secondary N) is 1. The van der Waals surface area contributed by atoms with Gasteiger partial charge in [-0.2, -0.15) is 8.78 Å². The van der Waals surface area contributed by atoms with Crippen LogP contribution >= 0.6 is 0 Å². The summed E-state index contributed by atoms with van der Waals surface area (Å²) in [6.45, 7) is 1.47. The highest BCUT2D eigenvalue weighted by atomic mass is 32.2. The second-order valence-electron chi connectivity index (χ2n) is 4.55. The Morgan fingerprint density at radius 2 is 1.67 bits per heavy atom. The molecule has 1 unspecified atom stereocenters. The van der Waals surface area contributed by atoms with Crippen LogP contribution in [0.1, 0.15) is 18.9 Å². The lowest BCUT2D eigenvalue weighted by Gasteiger charge is -2.13. The summed E-state index contributed by atoms with van der Waals surface area (Å²) in [6, 6.07) is 5.07. The van der Waals surface area contributed by atoms with E-state index in [1.165, 1.54) is 31.2 Å². The summed E-state index contributed by atoms with van der Waals surface area (Å²) in [5, 5.41) is 4.95. The first-order valence-electron chi connectivity index (χ1n) is 5.93. The second kappa shape index (κ2) is 6.77. The van der Waals surface area contributed by atoms with Gasteiger partial charge in [0.2, 0.25) is 10.0 Å². The molecule has 0 heterocycles. The van der Waals surface area contributed by atoms with Gasteiger partial charge in [0.15, 0.2) is 0 Å². The minimum atomic E-state index is -4.61. The normalized spacial score (nSPS) is 14.3. The molecule has 0 spiro atoms. The summed E-state index contributed by atoms with van der Waals surface area (Å²) in [5.74, 6) is -3.46. The third kappa shape index (κ3) is 5.65. The van der Waals surface area contributed by atoms with E-state index in [1.54, 1.807) is 0 Å². The van der Waals surface area contributed by atoms with Gasteiger partial charge >= 0.3 is 5.76 Å². The largest absolute Gasteiger partial charge is 0.350 e. The molecule has 1 aromatic rings. The molecule has 6 nitrogen and oxygen atoms in total. The number of benzene rings is 1. The highest BCUT2D eigenvalue weighted by molar-refractivity contribution is 7.89. The lowest BCUT2D eigenvalue weighted by atomic mass is 10.1. The van der Waals surface area contributed by atoms with Crippen LogP contribution in [0, 0.1) is 0 Å². The zero-order chi connectivity index (χ0) is 16.3. The van der Waals surface area contributed by atoms with E-state index in [0.717, 1.165) is 5.56 Å². The van der Waals surface area contributed by atoms with E-state index < -0.39 is 31.8 Å². The molecule has 1 rings (SSSR count). The lowest BCUT2D eigenvalue weighted by molar-refractivity contribution is 0.231. The predicted octanol–water partition coefficient (Wildman–Crippen LogP) is 0.797. The van der Waals surface area contributed by atoms with Crippen LogP contribution < -0.4 is 9.86 Å². The molecule has 0 radical (unpaired) electrons. The Labute approximate surface area is 122 Å². The van der Waals surface area contributed by atoms with Gasteiger partial charge < -0.3 is 0 Å². The molecule has 0 aromatic heterocycles. The van der Waals surface area contributed by atoms with Crippen LogP contribution in [0.2, 0.25) is 0 Å². The first kappa shape index (κ1) is 18.0. The first-order chi connectivity index (χ1) is 9.52. The molecule has 21 heavy (non-hydrogen) atoms. The molecule has 0 saturated heterocycles. The number of hydrogen-bond donors (Lipinski definition) is 2. The summed E-state index contributed by atoms with van der Waals surface area (Å²) in [5.41, 5.74) is 0.741. The van der Waals surface area contributed by atoms with Crippen molar-refractivity contribution in [3.63, 3.8) is 0 Å². The number of alkyl halides is 2. The quantitative estimate of drug-likeness (QED) is 0.764. The second-order valence-corrected chi connectivity index (χ2v) is 7.80. The van der Waals surface area contributed by atoms with E-state index in [0.29, 0.717) is 12.8 Å². The minimum Gasteiger partial charge on any atom is -0.225 e. The minimum absolute atomic E-state index is 0.0299. The molecule has 1 aromatic carbocycles.